The van der Waals surface area contributed by atoms with Gasteiger partial charge < -0.3 is 52.0 Å². The number of hydrogen-bond acceptors (Lipinski definition) is 19. The number of aryl methyl sites for hydroxylation is 8. The summed E-state index contributed by atoms with van der Waals surface area (Å²) in [6.45, 7) is 26.2. The molecule has 0 saturated heterocycles. The van der Waals surface area contributed by atoms with Gasteiger partial charge in [0.15, 0.2) is 39.8 Å². The largest absolute Gasteiger partial charge is 0.435 e. The molecule has 19 heteroatoms. The van der Waals surface area contributed by atoms with Gasteiger partial charge in [-0.2, -0.15) is 0 Å². The zero-order valence-corrected chi connectivity index (χ0v) is 62.9. The van der Waals surface area contributed by atoms with Crippen LogP contribution in [-0.4, -0.2) is 82.3 Å². The molecule has 10 aromatic heterocycles. The summed E-state index contributed by atoms with van der Waals surface area (Å²) in [6, 6.07) is 57.3. The fourth-order valence-corrected chi connectivity index (χ4v) is 15.8. The highest BCUT2D eigenvalue weighted by Crippen LogP contribution is 2.52. The molecule has 14 heterocycles. The molecule has 16 aromatic rings. The maximum atomic E-state index is 8.35. The first-order valence-corrected chi connectivity index (χ1v) is 36.5. The second kappa shape index (κ2) is 27.0. The minimum atomic E-state index is -2.18. The quantitative estimate of drug-likeness (QED) is 0.148. The number of benzene rings is 6. The van der Waals surface area contributed by atoms with E-state index < -0.39 is 13.0 Å². The number of hydrogen-bond donors (Lipinski definition) is 0. The van der Waals surface area contributed by atoms with Crippen LogP contribution in [0.1, 0.15) is 92.1 Å². The van der Waals surface area contributed by atoms with Gasteiger partial charge in [-0.25, -0.2) is 34.9 Å². The van der Waals surface area contributed by atoms with Gasteiger partial charge in [-0.05, 0) is 204 Å². The van der Waals surface area contributed by atoms with Crippen LogP contribution in [0.15, 0.2) is 231 Å². The number of furan rings is 4. The third-order valence-corrected chi connectivity index (χ3v) is 21.1. The molecule has 540 valence electrons. The Morgan fingerprint density at radius 3 is 1.12 bits per heavy atom. The number of nitrogens with zero attached hydrogens (tertiary/aromatic N) is 15. The van der Waals surface area contributed by atoms with E-state index in [-0.39, 0.29) is 24.7 Å². The van der Waals surface area contributed by atoms with Crippen molar-refractivity contribution >= 4 is 146 Å². The summed E-state index contributed by atoms with van der Waals surface area (Å²) < 4.78 is 56.4. The van der Waals surface area contributed by atoms with Crippen LogP contribution in [0.2, 0.25) is 0 Å². The Bertz CT molecular complexity index is 6040. The van der Waals surface area contributed by atoms with Crippen molar-refractivity contribution in [1.82, 2.24) is 44.7 Å². The van der Waals surface area contributed by atoms with E-state index in [1.54, 1.807) is 24.8 Å². The van der Waals surface area contributed by atoms with Crippen molar-refractivity contribution in [3.8, 4) is 0 Å². The highest BCUT2D eigenvalue weighted by Gasteiger charge is 2.41. The number of anilines is 10. The molecule has 0 aliphatic carbocycles. The average Bonchev–Trinajstić information content (AvgIpc) is 1.55. The number of fused-ring (bicyclic) bond motifs is 14. The minimum Gasteiger partial charge on any atom is -0.435 e. The van der Waals surface area contributed by atoms with Crippen molar-refractivity contribution in [2.24, 2.45) is 0 Å². The van der Waals surface area contributed by atoms with Gasteiger partial charge in [0.05, 0.1) is 29.8 Å². The summed E-state index contributed by atoms with van der Waals surface area (Å²) >= 11 is 0. The van der Waals surface area contributed by atoms with Crippen LogP contribution in [0.3, 0.4) is 0 Å². The van der Waals surface area contributed by atoms with E-state index in [1.807, 2.05) is 157 Å². The summed E-state index contributed by atoms with van der Waals surface area (Å²) in [5.74, 6) is 2.60. The summed E-state index contributed by atoms with van der Waals surface area (Å²) in [5, 5.41) is 8.26. The third-order valence-electron chi connectivity index (χ3n) is 21.1. The Morgan fingerprint density at radius 1 is 0.343 bits per heavy atom. The van der Waals surface area contributed by atoms with Gasteiger partial charge in [-0.1, -0.05) is 84.9 Å². The fraction of sp³-hybridized carbons (Fsp3) is 0.225. The van der Waals surface area contributed by atoms with Gasteiger partial charge in [-0.3, -0.25) is 4.90 Å². The molecule has 4 aliphatic rings. The maximum absolute atomic E-state index is 8.35. The number of para-hydroxylation sites is 2. The predicted molar refractivity (Wildman–Crippen MR) is 437 cm³/mol. The van der Waals surface area contributed by atoms with Crippen molar-refractivity contribution in [3.63, 3.8) is 0 Å². The zero-order chi connectivity index (χ0) is 78.1. The minimum absolute atomic E-state index is 0.0273. The Morgan fingerprint density at radius 2 is 0.704 bits per heavy atom. The standard InChI is InChI=1S/C26H22N4O.C25H21N5O.C20H23N3O.C18H19N3O/c1-16-11-13-20-21-14-12-17(2)28-26(21)31-24(20)23(16)30-18(3)29(19-8-5-4-6-9-19)25-22(30)10-7-15-27-25;1-15-9-11-19-20-12-10-16(2)28-25(20)31-22(19)21(15)30-17(3)29(18-7-5-4-6-8-18)23-24(30)27-14-13-26-23;1-12(2)22-10-11-23(15(22)5)18-13(3)6-8-16-17-9-7-14(4)21-20(17)24-19(16)18;1-11-5-7-14-15-8-6-12(2)19-18(15)22-17(14)16(11)21-10-9-20(4)13(21)3/h4-15,18H,1-3H3;4-14,17H,1-3H3;6-12,15H,1-5H3;5-10,13H,1-4H3/i;;12D;4D3. The normalized spacial score (nSPS) is 17.5. The van der Waals surface area contributed by atoms with Gasteiger partial charge in [0, 0.05) is 138 Å². The highest BCUT2D eigenvalue weighted by atomic mass is 16.4. The van der Waals surface area contributed by atoms with Crippen LogP contribution in [0.5, 0.6) is 0 Å². The number of aromatic nitrogens is 7. The second-order valence-corrected chi connectivity index (χ2v) is 28.5. The van der Waals surface area contributed by atoms with E-state index >= 15 is 0 Å². The molecule has 6 aromatic carbocycles. The van der Waals surface area contributed by atoms with Crippen LogP contribution in [0.25, 0.3) is 88.3 Å². The fourth-order valence-electron chi connectivity index (χ4n) is 15.8. The molecule has 4 unspecified atom stereocenters. The van der Waals surface area contributed by atoms with Crippen molar-refractivity contribution in [2.45, 2.75) is 128 Å². The summed E-state index contributed by atoms with van der Waals surface area (Å²) in [4.78, 5) is 49.0. The lowest BCUT2D eigenvalue weighted by atomic mass is 10.1. The van der Waals surface area contributed by atoms with Crippen molar-refractivity contribution in [3.05, 3.63) is 258 Å². The molecular weight excluding hydrogens is 1340 g/mol. The summed E-state index contributed by atoms with van der Waals surface area (Å²) in [7, 11) is 0. The topological polar surface area (TPSA) is 169 Å². The van der Waals surface area contributed by atoms with Crippen molar-refractivity contribution < 1.29 is 23.2 Å². The Hall–Kier alpha value is -12.8. The SMILES string of the molecule is Cc1ccc2c(n1)oc1c(N3c4cccnc4N(c4ccccc4)C3C)c(C)ccc12.Cc1ccc2c(n1)oc1c(N3c4nccnc4N(c4ccccc4)C3C)c(C)ccc12.[2H]C(C)(C)N1C=CN(c2c(C)ccc3c2oc2nc(C)ccc23)C1C.[2H]C([2H])([2H])N1C=CN(c2c(C)ccc3c2oc2nc(C)ccc23)C1C. The van der Waals surface area contributed by atoms with Crippen molar-refractivity contribution in [1.29, 1.82) is 0 Å². The smallest absolute Gasteiger partial charge is 0.227 e. The second-order valence-electron chi connectivity index (χ2n) is 28.5. The lowest BCUT2D eigenvalue weighted by Crippen LogP contribution is -2.39. The molecule has 0 spiro atoms. The van der Waals surface area contributed by atoms with Gasteiger partial charge >= 0.3 is 0 Å². The first-order chi connectivity index (χ1) is 53.8. The molecular formula is C89H85N15O4. The zero-order valence-electron chi connectivity index (χ0n) is 66.9. The molecule has 19 nitrogen and oxygen atoms in total. The van der Waals surface area contributed by atoms with Crippen LogP contribution >= 0.6 is 0 Å². The van der Waals surface area contributed by atoms with Gasteiger partial charge in [-0.15, -0.1) is 0 Å². The highest BCUT2D eigenvalue weighted by molar-refractivity contribution is 6.13. The van der Waals surface area contributed by atoms with E-state index in [0.29, 0.717) is 22.9 Å². The van der Waals surface area contributed by atoms with E-state index in [1.165, 1.54) is 4.90 Å². The molecule has 0 fully saturated rings. The average molecular weight is 1430 g/mol. The monoisotopic (exact) mass is 1430 g/mol. The van der Waals surface area contributed by atoms with E-state index in [4.69, 9.17) is 33.1 Å². The Balaban J connectivity index is 0.000000109. The van der Waals surface area contributed by atoms with E-state index in [9.17, 15) is 0 Å². The van der Waals surface area contributed by atoms with Gasteiger partial charge in [0.25, 0.3) is 0 Å². The number of pyridine rings is 5. The molecule has 0 N–H and O–H groups in total. The molecule has 0 bridgehead atoms. The molecule has 20 rings (SSSR count). The van der Waals surface area contributed by atoms with Crippen LogP contribution in [0, 0.1) is 55.4 Å². The molecule has 0 saturated carbocycles. The molecule has 0 amide bonds. The Labute approximate surface area is 632 Å². The predicted octanol–water partition coefficient (Wildman–Crippen LogP) is 21.8. The van der Waals surface area contributed by atoms with Crippen LogP contribution in [0.4, 0.5) is 57.3 Å². The number of rotatable bonds is 7. The van der Waals surface area contributed by atoms with E-state index in [0.717, 1.165) is 168 Å². The summed E-state index contributed by atoms with van der Waals surface area (Å²) in [6.07, 6.45) is 12.5. The molecule has 108 heavy (non-hydrogen) atoms. The first kappa shape index (κ1) is 63.7. The summed E-state index contributed by atoms with van der Waals surface area (Å²) in [5.41, 5.74) is 21.3. The van der Waals surface area contributed by atoms with E-state index in [2.05, 4.69) is 188 Å². The van der Waals surface area contributed by atoms with Crippen molar-refractivity contribution in [2.75, 3.05) is 36.4 Å². The van der Waals surface area contributed by atoms with Gasteiger partial charge in [0.1, 0.15) is 24.7 Å². The van der Waals surface area contributed by atoms with Crippen LogP contribution < -0.4 is 29.4 Å². The Kier molecular flexibility index (Phi) is 15.9. The lowest BCUT2D eigenvalue weighted by molar-refractivity contribution is 0.263. The lowest BCUT2D eigenvalue weighted by Gasteiger charge is -2.33. The third kappa shape index (κ3) is 11.4. The van der Waals surface area contributed by atoms with Gasteiger partial charge in [0.2, 0.25) is 22.9 Å². The molecule has 4 atom stereocenters. The van der Waals surface area contributed by atoms with Crippen LogP contribution in [-0.2, 0) is 0 Å². The first-order valence-electron chi connectivity index (χ1n) is 38.5. The molecule has 0 radical (unpaired) electrons. The molecule has 4 aliphatic heterocycles. The maximum Gasteiger partial charge on any atom is 0.227 e.